The zero-order chi connectivity index (χ0) is 22.0. The quantitative estimate of drug-likeness (QED) is 0.701. The molecule has 0 radical (unpaired) electrons. The molecule has 2 saturated carbocycles. The van der Waals surface area contributed by atoms with Gasteiger partial charge in [-0.1, -0.05) is 26.2 Å². The van der Waals surface area contributed by atoms with Crippen molar-refractivity contribution in [3.8, 4) is 0 Å². The van der Waals surface area contributed by atoms with Crippen LogP contribution in [0.2, 0.25) is 0 Å². The highest BCUT2D eigenvalue weighted by Crippen LogP contribution is 2.33. The molecule has 6 nitrogen and oxygen atoms in total. The molecule has 172 valence electrons. The molecule has 2 aliphatic carbocycles. The number of amides is 1. The molecule has 0 spiro atoms. The summed E-state index contributed by atoms with van der Waals surface area (Å²) >= 11 is 0. The minimum atomic E-state index is -0.355. The Morgan fingerprint density at radius 3 is 2.23 bits per heavy atom. The van der Waals surface area contributed by atoms with Crippen molar-refractivity contribution in [2.24, 2.45) is 17.8 Å². The van der Waals surface area contributed by atoms with Crippen molar-refractivity contribution >= 4 is 17.3 Å². The molecule has 1 aromatic rings. The van der Waals surface area contributed by atoms with E-state index in [1.54, 1.807) is 0 Å². The maximum absolute atomic E-state index is 13.0. The van der Waals surface area contributed by atoms with Crippen LogP contribution >= 0.6 is 0 Å². The van der Waals surface area contributed by atoms with Crippen LogP contribution in [0, 0.1) is 17.8 Å². The fourth-order valence-corrected chi connectivity index (χ4v) is 5.87. The monoisotopic (exact) mass is 429 g/mol. The molecule has 0 bridgehead atoms. The molecule has 1 saturated heterocycles. The number of hydrogen-bond acceptors (Lipinski definition) is 5. The van der Waals surface area contributed by atoms with Crippen molar-refractivity contribution in [3.63, 3.8) is 0 Å². The van der Waals surface area contributed by atoms with Gasteiger partial charge in [0.1, 0.15) is 11.4 Å². The summed E-state index contributed by atoms with van der Waals surface area (Å²) in [7, 11) is 2.00. The van der Waals surface area contributed by atoms with Gasteiger partial charge >= 0.3 is 0 Å². The number of hydrogen-bond donors (Lipinski definition) is 1. The predicted octanol–water partition coefficient (Wildman–Crippen LogP) is 3.53. The Labute approximate surface area is 186 Å². The number of anilines is 2. The Morgan fingerprint density at radius 1 is 0.935 bits per heavy atom. The van der Waals surface area contributed by atoms with Crippen molar-refractivity contribution < 1.29 is 4.79 Å². The molecular weight excluding hydrogens is 390 g/mol. The van der Waals surface area contributed by atoms with Gasteiger partial charge in [-0.2, -0.15) is 0 Å². The number of nitrogens with zero attached hydrogens (tertiary/aromatic N) is 2. The van der Waals surface area contributed by atoms with Crippen LogP contribution in [-0.2, 0) is 4.79 Å². The second-order valence-electron chi connectivity index (χ2n) is 10.4. The van der Waals surface area contributed by atoms with Crippen molar-refractivity contribution in [1.29, 1.82) is 0 Å². The van der Waals surface area contributed by atoms with E-state index in [4.69, 9.17) is 0 Å². The molecule has 0 atom stereocenters. The average molecular weight is 430 g/mol. The van der Waals surface area contributed by atoms with Crippen LogP contribution in [0.25, 0.3) is 0 Å². The number of nitrogens with one attached hydrogen (secondary N) is 1. The first-order valence-electron chi connectivity index (χ1n) is 12.5. The van der Waals surface area contributed by atoms with Gasteiger partial charge in [-0.05, 0) is 63.2 Å². The third kappa shape index (κ3) is 4.83. The molecule has 1 amide bonds. The summed E-state index contributed by atoms with van der Waals surface area (Å²) < 4.78 is 0. The summed E-state index contributed by atoms with van der Waals surface area (Å²) in [6.07, 6.45) is 12.1. The Kier molecular flexibility index (Phi) is 7.02. The lowest BCUT2D eigenvalue weighted by atomic mass is 9.80. The van der Waals surface area contributed by atoms with Crippen molar-refractivity contribution in [1.82, 2.24) is 4.90 Å². The smallest absolute Gasteiger partial charge is 0.253 e. The lowest BCUT2D eigenvalue weighted by molar-refractivity contribution is -0.138. The molecule has 31 heavy (non-hydrogen) atoms. The Morgan fingerprint density at radius 2 is 1.58 bits per heavy atom. The molecule has 1 aliphatic heterocycles. The SMILES string of the molecule is CC1CCN(c2c(NCC3CCC(C(=O)N(C)C4CCCCC4)CC3)c(=O)c2=O)CC1. The molecular formula is C25H39N3O3. The van der Waals surface area contributed by atoms with Crippen molar-refractivity contribution in [2.75, 3.05) is 36.9 Å². The molecule has 0 unspecified atom stereocenters. The van der Waals surface area contributed by atoms with Gasteiger partial charge in [-0.25, -0.2) is 0 Å². The lowest BCUT2D eigenvalue weighted by Crippen LogP contribution is -2.46. The molecule has 1 aromatic carbocycles. The number of piperidine rings is 1. The summed E-state index contributed by atoms with van der Waals surface area (Å²) in [6, 6.07) is 0.436. The van der Waals surface area contributed by atoms with Crippen LogP contribution in [0.4, 0.5) is 11.4 Å². The van der Waals surface area contributed by atoms with Crippen LogP contribution in [0.1, 0.15) is 77.6 Å². The van der Waals surface area contributed by atoms with Crippen LogP contribution in [0.15, 0.2) is 9.59 Å². The van der Waals surface area contributed by atoms with Gasteiger partial charge in [-0.3, -0.25) is 14.4 Å². The molecule has 1 N–H and O–H groups in total. The van der Waals surface area contributed by atoms with E-state index in [2.05, 4.69) is 17.1 Å². The molecule has 6 heteroatoms. The first-order chi connectivity index (χ1) is 15.0. The van der Waals surface area contributed by atoms with Crippen molar-refractivity contribution in [3.05, 3.63) is 20.4 Å². The first kappa shape index (κ1) is 22.3. The summed E-state index contributed by atoms with van der Waals surface area (Å²) in [5.74, 6) is 1.64. The van der Waals surface area contributed by atoms with Gasteiger partial charge in [0.2, 0.25) is 5.91 Å². The second-order valence-corrected chi connectivity index (χ2v) is 10.4. The van der Waals surface area contributed by atoms with E-state index >= 15 is 0 Å². The highest BCUT2D eigenvalue weighted by atomic mass is 16.2. The van der Waals surface area contributed by atoms with Crippen LogP contribution in [-0.4, -0.2) is 43.5 Å². The fourth-order valence-electron chi connectivity index (χ4n) is 5.87. The largest absolute Gasteiger partial charge is 0.380 e. The molecule has 3 fully saturated rings. The standard InChI is InChI=1S/C25H39N3O3/c1-17-12-14-28(15-13-17)22-21(23(29)24(22)30)26-16-18-8-10-19(11-9-18)25(31)27(2)20-6-4-3-5-7-20/h17-20,26H,3-16H2,1-2H3. The van der Waals surface area contributed by atoms with E-state index in [-0.39, 0.29) is 16.8 Å². The van der Waals surface area contributed by atoms with E-state index in [1.807, 2.05) is 11.9 Å². The summed E-state index contributed by atoms with van der Waals surface area (Å²) in [5.41, 5.74) is 0.480. The van der Waals surface area contributed by atoms with Crippen LogP contribution in [0.5, 0.6) is 0 Å². The second kappa shape index (κ2) is 9.74. The fraction of sp³-hybridized carbons (Fsp3) is 0.800. The summed E-state index contributed by atoms with van der Waals surface area (Å²) in [5, 5.41) is 3.32. The maximum Gasteiger partial charge on any atom is 0.253 e. The van der Waals surface area contributed by atoms with Gasteiger partial charge < -0.3 is 15.1 Å². The third-order valence-corrected chi connectivity index (χ3v) is 8.22. The van der Waals surface area contributed by atoms with Gasteiger partial charge in [0.15, 0.2) is 0 Å². The molecule has 4 rings (SSSR count). The number of rotatable bonds is 6. The first-order valence-corrected chi connectivity index (χ1v) is 12.5. The topological polar surface area (TPSA) is 69.7 Å². The molecule has 0 aromatic heterocycles. The Bertz CT molecular complexity index is 822. The lowest BCUT2D eigenvalue weighted by Gasteiger charge is -2.36. The Hall–Kier alpha value is -1.85. The number of carbonyl (C=O) groups is 1. The zero-order valence-electron chi connectivity index (χ0n) is 19.3. The summed E-state index contributed by atoms with van der Waals surface area (Å²) in [6.45, 7) is 4.69. The van der Waals surface area contributed by atoms with Gasteiger partial charge in [0, 0.05) is 38.6 Å². The van der Waals surface area contributed by atoms with E-state index in [9.17, 15) is 14.4 Å². The van der Waals surface area contributed by atoms with Crippen LogP contribution in [0.3, 0.4) is 0 Å². The average Bonchev–Trinajstić information content (AvgIpc) is 2.82. The summed E-state index contributed by atoms with van der Waals surface area (Å²) in [4.78, 5) is 41.5. The Balaban J connectivity index is 1.26. The normalized spacial score (nSPS) is 26.2. The van der Waals surface area contributed by atoms with E-state index < -0.39 is 0 Å². The van der Waals surface area contributed by atoms with Gasteiger partial charge in [0.25, 0.3) is 10.9 Å². The minimum absolute atomic E-state index is 0.153. The third-order valence-electron chi connectivity index (χ3n) is 8.22. The van der Waals surface area contributed by atoms with Crippen molar-refractivity contribution in [2.45, 2.75) is 83.6 Å². The van der Waals surface area contributed by atoms with E-state index in [1.165, 1.54) is 19.3 Å². The number of carbonyl (C=O) groups excluding carboxylic acids is 1. The molecule has 1 heterocycles. The van der Waals surface area contributed by atoms with Crippen LogP contribution < -0.4 is 21.1 Å². The highest BCUT2D eigenvalue weighted by Gasteiger charge is 2.32. The van der Waals surface area contributed by atoms with E-state index in [0.29, 0.717) is 35.2 Å². The van der Waals surface area contributed by atoms with Gasteiger partial charge in [-0.15, -0.1) is 0 Å². The predicted molar refractivity (Wildman–Crippen MR) is 126 cm³/mol. The maximum atomic E-state index is 13.0. The van der Waals surface area contributed by atoms with E-state index in [0.717, 1.165) is 71.0 Å². The molecule has 3 aliphatic rings. The minimum Gasteiger partial charge on any atom is -0.380 e. The highest BCUT2D eigenvalue weighted by molar-refractivity contribution is 5.79. The zero-order valence-corrected chi connectivity index (χ0v) is 19.3. The van der Waals surface area contributed by atoms with Gasteiger partial charge in [0.05, 0.1) is 0 Å².